The van der Waals surface area contributed by atoms with Crippen molar-refractivity contribution in [2.75, 3.05) is 0 Å². The smallest absolute Gasteiger partial charge is 0.296 e. The highest BCUT2D eigenvalue weighted by molar-refractivity contribution is 6.46. The second-order valence-electron chi connectivity index (χ2n) is 7.90. The van der Waals surface area contributed by atoms with Crippen LogP contribution in [0.25, 0.3) is 16.5 Å². The van der Waals surface area contributed by atoms with Crippen LogP contribution in [0.5, 0.6) is 5.75 Å². The summed E-state index contributed by atoms with van der Waals surface area (Å²) in [6, 6.07) is 23.9. The minimum absolute atomic E-state index is 0.0110. The Kier molecular flexibility index (Phi) is 5.11. The first-order valence-electron chi connectivity index (χ1n) is 10.5. The number of aliphatic hydroxyl groups is 1. The van der Waals surface area contributed by atoms with E-state index in [0.29, 0.717) is 16.8 Å². The number of hydrogen-bond acceptors (Lipinski definition) is 5. The summed E-state index contributed by atoms with van der Waals surface area (Å²) < 4.78 is 0. The maximum atomic E-state index is 13.2. The molecule has 2 heterocycles. The van der Waals surface area contributed by atoms with Crippen LogP contribution in [0.3, 0.4) is 0 Å². The number of rotatable bonds is 4. The molecule has 0 radical (unpaired) electrons. The van der Waals surface area contributed by atoms with E-state index in [4.69, 9.17) is 0 Å². The molecule has 0 spiro atoms. The second kappa shape index (κ2) is 8.24. The zero-order valence-electron chi connectivity index (χ0n) is 17.6. The lowest BCUT2D eigenvalue weighted by Gasteiger charge is -2.25. The SMILES string of the molecule is O=C1C(=O)N(Cc2ccccn2)C(c2ccc(O)cc2)/C1=C(/O)c1ccc2ccccc2c1. The molecule has 2 N–H and O–H groups in total. The predicted molar refractivity (Wildman–Crippen MR) is 124 cm³/mol. The van der Waals surface area contributed by atoms with E-state index in [0.717, 1.165) is 10.8 Å². The van der Waals surface area contributed by atoms with E-state index in [1.807, 2.05) is 36.4 Å². The van der Waals surface area contributed by atoms with Crippen LogP contribution in [0.2, 0.25) is 0 Å². The number of hydrogen-bond donors (Lipinski definition) is 2. The van der Waals surface area contributed by atoms with Crippen molar-refractivity contribution < 1.29 is 19.8 Å². The van der Waals surface area contributed by atoms with Gasteiger partial charge in [-0.05, 0) is 46.7 Å². The number of carbonyl (C=O) groups is 2. The number of phenols is 1. The van der Waals surface area contributed by atoms with Crippen molar-refractivity contribution in [1.82, 2.24) is 9.88 Å². The van der Waals surface area contributed by atoms with Crippen molar-refractivity contribution >= 4 is 28.2 Å². The highest BCUT2D eigenvalue weighted by Gasteiger charge is 2.46. The Labute approximate surface area is 190 Å². The van der Waals surface area contributed by atoms with Crippen molar-refractivity contribution in [3.8, 4) is 5.75 Å². The van der Waals surface area contributed by atoms with Gasteiger partial charge in [0.25, 0.3) is 11.7 Å². The van der Waals surface area contributed by atoms with E-state index >= 15 is 0 Å². The Hall–Kier alpha value is -4.45. The van der Waals surface area contributed by atoms with Crippen molar-refractivity contribution in [3.05, 3.63) is 114 Å². The first kappa shape index (κ1) is 20.5. The first-order chi connectivity index (χ1) is 16.0. The fourth-order valence-electron chi connectivity index (χ4n) is 4.20. The largest absolute Gasteiger partial charge is 0.508 e. The molecule has 1 saturated heterocycles. The third kappa shape index (κ3) is 3.72. The van der Waals surface area contributed by atoms with Gasteiger partial charge in [0.2, 0.25) is 0 Å². The quantitative estimate of drug-likeness (QED) is 0.278. The van der Waals surface area contributed by atoms with Gasteiger partial charge in [-0.25, -0.2) is 0 Å². The molecular weight excluding hydrogens is 416 g/mol. The molecule has 1 aliphatic rings. The Bertz CT molecular complexity index is 1390. The molecule has 6 nitrogen and oxygen atoms in total. The third-order valence-electron chi connectivity index (χ3n) is 5.83. The molecule has 1 atom stereocenters. The average molecular weight is 436 g/mol. The van der Waals surface area contributed by atoms with Crippen LogP contribution in [0.15, 0.2) is 96.7 Å². The van der Waals surface area contributed by atoms with Gasteiger partial charge in [-0.15, -0.1) is 0 Å². The summed E-state index contributed by atoms with van der Waals surface area (Å²) in [5.41, 5.74) is 1.68. The summed E-state index contributed by atoms with van der Waals surface area (Å²) in [7, 11) is 0. The average Bonchev–Trinajstić information content (AvgIpc) is 3.09. The van der Waals surface area contributed by atoms with Gasteiger partial charge in [0.05, 0.1) is 23.9 Å². The minimum Gasteiger partial charge on any atom is -0.508 e. The van der Waals surface area contributed by atoms with Crippen LogP contribution in [0, 0.1) is 0 Å². The summed E-state index contributed by atoms with van der Waals surface area (Å²) in [4.78, 5) is 31.9. The molecule has 1 amide bonds. The molecule has 4 aromatic rings. The molecular formula is C27H20N2O4. The van der Waals surface area contributed by atoms with Gasteiger partial charge in [-0.2, -0.15) is 0 Å². The number of ketones is 1. The van der Waals surface area contributed by atoms with Gasteiger partial charge in [0.15, 0.2) is 0 Å². The van der Waals surface area contributed by atoms with E-state index in [2.05, 4.69) is 4.98 Å². The monoisotopic (exact) mass is 436 g/mol. The number of aromatic nitrogens is 1. The van der Waals surface area contributed by atoms with Crippen LogP contribution < -0.4 is 0 Å². The zero-order valence-corrected chi connectivity index (χ0v) is 17.6. The summed E-state index contributed by atoms with van der Waals surface area (Å²) in [6.07, 6.45) is 1.62. The van der Waals surface area contributed by atoms with Crippen molar-refractivity contribution in [3.63, 3.8) is 0 Å². The summed E-state index contributed by atoms with van der Waals surface area (Å²) in [5.74, 6) is -1.63. The lowest BCUT2D eigenvalue weighted by Crippen LogP contribution is -2.29. The molecule has 3 aromatic carbocycles. The molecule has 1 fully saturated rings. The molecule has 0 saturated carbocycles. The van der Waals surface area contributed by atoms with E-state index in [1.54, 1.807) is 42.6 Å². The van der Waals surface area contributed by atoms with Crippen LogP contribution in [0.4, 0.5) is 0 Å². The minimum atomic E-state index is -0.820. The molecule has 162 valence electrons. The van der Waals surface area contributed by atoms with Crippen LogP contribution >= 0.6 is 0 Å². The fourth-order valence-corrected chi connectivity index (χ4v) is 4.20. The molecule has 1 unspecified atom stereocenters. The molecule has 0 bridgehead atoms. The van der Waals surface area contributed by atoms with Gasteiger partial charge in [0.1, 0.15) is 11.5 Å². The maximum Gasteiger partial charge on any atom is 0.296 e. The highest BCUT2D eigenvalue weighted by atomic mass is 16.3. The van der Waals surface area contributed by atoms with Crippen LogP contribution in [0.1, 0.15) is 22.9 Å². The van der Waals surface area contributed by atoms with E-state index in [1.165, 1.54) is 17.0 Å². The summed E-state index contributed by atoms with van der Waals surface area (Å²) in [5, 5.41) is 22.9. The highest BCUT2D eigenvalue weighted by Crippen LogP contribution is 2.40. The fraction of sp³-hybridized carbons (Fsp3) is 0.0741. The van der Waals surface area contributed by atoms with Crippen molar-refractivity contribution in [2.24, 2.45) is 0 Å². The number of benzene rings is 3. The van der Waals surface area contributed by atoms with Gasteiger partial charge >= 0.3 is 0 Å². The van der Waals surface area contributed by atoms with E-state index in [9.17, 15) is 19.8 Å². The van der Waals surface area contributed by atoms with Crippen molar-refractivity contribution in [1.29, 1.82) is 0 Å². The molecule has 33 heavy (non-hydrogen) atoms. The molecule has 6 heteroatoms. The van der Waals surface area contributed by atoms with Crippen molar-refractivity contribution in [2.45, 2.75) is 12.6 Å². The van der Waals surface area contributed by atoms with Gasteiger partial charge in [0, 0.05) is 11.8 Å². The van der Waals surface area contributed by atoms with Gasteiger partial charge < -0.3 is 15.1 Å². The van der Waals surface area contributed by atoms with Gasteiger partial charge in [-0.3, -0.25) is 14.6 Å². The third-order valence-corrected chi connectivity index (χ3v) is 5.83. The predicted octanol–water partition coefficient (Wildman–Crippen LogP) is 4.56. The summed E-state index contributed by atoms with van der Waals surface area (Å²) >= 11 is 0. The van der Waals surface area contributed by atoms with E-state index < -0.39 is 17.7 Å². The van der Waals surface area contributed by atoms with Crippen LogP contribution in [-0.4, -0.2) is 31.8 Å². The number of fused-ring (bicyclic) bond motifs is 1. The van der Waals surface area contributed by atoms with Crippen LogP contribution in [-0.2, 0) is 16.1 Å². The Morgan fingerprint density at radius 1 is 0.879 bits per heavy atom. The normalized spacial score (nSPS) is 17.6. The number of Topliss-reactive ketones (excluding diaryl/α,β-unsaturated/α-hetero) is 1. The molecule has 1 aliphatic heterocycles. The molecule has 1 aromatic heterocycles. The molecule has 0 aliphatic carbocycles. The van der Waals surface area contributed by atoms with Gasteiger partial charge in [-0.1, -0.05) is 54.6 Å². The topological polar surface area (TPSA) is 90.7 Å². The first-order valence-corrected chi connectivity index (χ1v) is 10.5. The number of likely N-dealkylation sites (tertiary alicyclic amines) is 1. The maximum absolute atomic E-state index is 13.2. The number of amides is 1. The lowest BCUT2D eigenvalue weighted by molar-refractivity contribution is -0.140. The molecule has 5 rings (SSSR count). The Morgan fingerprint density at radius 3 is 2.33 bits per heavy atom. The zero-order chi connectivity index (χ0) is 22.9. The Balaban J connectivity index is 1.66. The number of pyridine rings is 1. The Morgan fingerprint density at radius 2 is 1.61 bits per heavy atom. The summed E-state index contributed by atoms with van der Waals surface area (Å²) in [6.45, 7) is 0.103. The number of carbonyl (C=O) groups excluding carboxylic acids is 2. The number of aromatic hydroxyl groups is 1. The second-order valence-corrected chi connectivity index (χ2v) is 7.90. The van der Waals surface area contributed by atoms with E-state index in [-0.39, 0.29) is 23.6 Å². The number of phenolic OH excluding ortho intramolecular Hbond substituents is 1. The number of nitrogens with zero attached hydrogens (tertiary/aromatic N) is 2. The lowest BCUT2D eigenvalue weighted by atomic mass is 9.94. The number of aliphatic hydroxyl groups excluding tert-OH is 1. The standard InChI is InChI=1S/C27H20N2O4/c30-22-12-10-18(11-13-22)24-23(25(31)20-9-8-17-5-1-2-6-19(17)15-20)26(32)27(33)29(24)16-21-7-3-4-14-28-21/h1-15,24,30-31H,16H2/b25-23-.